The summed E-state index contributed by atoms with van der Waals surface area (Å²) in [6.07, 6.45) is 0. The van der Waals surface area contributed by atoms with Crippen LogP contribution < -0.4 is 0 Å². The first-order valence-corrected chi connectivity index (χ1v) is 3.55. The first kappa shape index (κ1) is 11.4. The molecular formula is C8H11NO4. The Morgan fingerprint density at radius 2 is 1.92 bits per heavy atom. The molecule has 5 heteroatoms. The van der Waals surface area contributed by atoms with Crippen molar-refractivity contribution in [3.63, 3.8) is 0 Å². The molecule has 0 saturated carbocycles. The molecule has 0 atom stereocenters. The van der Waals surface area contributed by atoms with Crippen LogP contribution in [-0.2, 0) is 11.4 Å². The maximum Gasteiger partial charge on any atom is 0.294 e. The van der Waals surface area contributed by atoms with Gasteiger partial charge in [-0.3, -0.25) is 0 Å². The molecule has 0 unspecified atom stereocenters. The van der Waals surface area contributed by atoms with Crippen molar-refractivity contribution in [2.24, 2.45) is 0 Å². The highest BCUT2D eigenvalue weighted by molar-refractivity contribution is 5.13. The van der Waals surface area contributed by atoms with Gasteiger partial charge in [-0.2, -0.15) is 0 Å². The average Bonchev–Trinajstić information content (AvgIpc) is 2.19. The smallest absolute Gasteiger partial charge is 0.294 e. The zero-order chi connectivity index (χ0) is 10.1. The van der Waals surface area contributed by atoms with Gasteiger partial charge in [0.05, 0.1) is 0 Å². The van der Waals surface area contributed by atoms with Crippen LogP contribution in [0.2, 0.25) is 0 Å². The minimum Gasteiger partial charge on any atom is -0.400 e. The standard InChI is InChI=1S/C7H7NO3.CH4O/c9-8(10)11-6-7-4-2-1-3-5-7;1-2/h1-5H,6H2;2H,1H3. The molecule has 72 valence electrons. The zero-order valence-electron chi connectivity index (χ0n) is 7.21. The SMILES string of the molecule is CO.O=[N+]([O-])OCc1ccccc1. The molecule has 1 aromatic carbocycles. The van der Waals surface area contributed by atoms with Gasteiger partial charge in [0.1, 0.15) is 6.61 Å². The summed E-state index contributed by atoms with van der Waals surface area (Å²) in [6, 6.07) is 8.99. The predicted molar refractivity (Wildman–Crippen MR) is 46.4 cm³/mol. The summed E-state index contributed by atoms with van der Waals surface area (Å²) >= 11 is 0. The molecule has 1 rings (SSSR count). The van der Waals surface area contributed by atoms with Gasteiger partial charge < -0.3 is 9.94 Å². The number of nitrogens with zero attached hydrogens (tertiary/aromatic N) is 1. The molecule has 1 N–H and O–H groups in total. The topological polar surface area (TPSA) is 72.6 Å². The van der Waals surface area contributed by atoms with Crippen LogP contribution >= 0.6 is 0 Å². The molecule has 0 aliphatic heterocycles. The van der Waals surface area contributed by atoms with Gasteiger partial charge in [-0.1, -0.05) is 30.3 Å². The molecule has 0 aromatic heterocycles. The van der Waals surface area contributed by atoms with Crippen LogP contribution in [0.3, 0.4) is 0 Å². The second kappa shape index (κ2) is 7.05. The van der Waals surface area contributed by atoms with Crippen LogP contribution in [-0.4, -0.2) is 17.3 Å². The summed E-state index contributed by atoms with van der Waals surface area (Å²) in [5.74, 6) is 0. The number of aliphatic hydroxyl groups excluding tert-OH is 1. The fourth-order valence-corrected chi connectivity index (χ4v) is 0.701. The van der Waals surface area contributed by atoms with Gasteiger partial charge in [0.2, 0.25) is 0 Å². The third-order valence-electron chi connectivity index (χ3n) is 1.18. The zero-order valence-corrected chi connectivity index (χ0v) is 7.21. The Kier molecular flexibility index (Phi) is 6.17. The van der Waals surface area contributed by atoms with Crippen LogP contribution in [0.1, 0.15) is 5.56 Å². The number of hydrogen-bond donors (Lipinski definition) is 1. The van der Waals surface area contributed by atoms with Crippen molar-refractivity contribution in [3.05, 3.63) is 46.0 Å². The van der Waals surface area contributed by atoms with Gasteiger partial charge in [-0.05, 0) is 5.56 Å². The van der Waals surface area contributed by atoms with Crippen molar-refractivity contribution in [1.29, 1.82) is 0 Å². The van der Waals surface area contributed by atoms with Crippen LogP contribution in [0.15, 0.2) is 30.3 Å². The summed E-state index contributed by atoms with van der Waals surface area (Å²) in [6.45, 7) is 0.0217. The van der Waals surface area contributed by atoms with Crippen molar-refractivity contribution in [2.75, 3.05) is 7.11 Å². The number of benzene rings is 1. The minimum absolute atomic E-state index is 0.0217. The molecule has 0 spiro atoms. The Morgan fingerprint density at radius 3 is 2.38 bits per heavy atom. The molecule has 13 heavy (non-hydrogen) atoms. The fourth-order valence-electron chi connectivity index (χ4n) is 0.701. The third kappa shape index (κ3) is 5.63. The third-order valence-corrected chi connectivity index (χ3v) is 1.18. The Bertz CT molecular complexity index is 237. The van der Waals surface area contributed by atoms with Crippen LogP contribution in [0.25, 0.3) is 0 Å². The molecule has 0 bridgehead atoms. The maximum absolute atomic E-state index is 9.76. The van der Waals surface area contributed by atoms with Gasteiger partial charge in [0.25, 0.3) is 5.09 Å². The van der Waals surface area contributed by atoms with E-state index in [0.717, 1.165) is 12.7 Å². The number of hydrogen-bond acceptors (Lipinski definition) is 4. The van der Waals surface area contributed by atoms with Gasteiger partial charge in [-0.25, -0.2) is 0 Å². The molecule has 0 amide bonds. The number of aliphatic hydroxyl groups is 1. The van der Waals surface area contributed by atoms with Crippen molar-refractivity contribution < 1.29 is 15.0 Å². The lowest BCUT2D eigenvalue weighted by Gasteiger charge is -1.96. The minimum atomic E-state index is -0.799. The van der Waals surface area contributed by atoms with Gasteiger partial charge >= 0.3 is 0 Å². The van der Waals surface area contributed by atoms with Gasteiger partial charge in [0.15, 0.2) is 0 Å². The summed E-state index contributed by atoms with van der Waals surface area (Å²) in [5.41, 5.74) is 0.796. The summed E-state index contributed by atoms with van der Waals surface area (Å²) in [5, 5.41) is 16.0. The van der Waals surface area contributed by atoms with Gasteiger partial charge in [0, 0.05) is 7.11 Å². The lowest BCUT2D eigenvalue weighted by Crippen LogP contribution is -1.99. The maximum atomic E-state index is 9.76. The fraction of sp³-hybridized carbons (Fsp3) is 0.250. The molecule has 0 heterocycles. The average molecular weight is 185 g/mol. The van der Waals surface area contributed by atoms with E-state index in [2.05, 4.69) is 4.84 Å². The van der Waals surface area contributed by atoms with E-state index in [1.54, 1.807) is 24.3 Å². The van der Waals surface area contributed by atoms with E-state index in [0.29, 0.717) is 0 Å². The summed E-state index contributed by atoms with van der Waals surface area (Å²) < 4.78 is 0. The molecule has 5 nitrogen and oxygen atoms in total. The van der Waals surface area contributed by atoms with E-state index < -0.39 is 5.09 Å². The van der Waals surface area contributed by atoms with Gasteiger partial charge in [-0.15, -0.1) is 10.1 Å². The summed E-state index contributed by atoms with van der Waals surface area (Å²) in [4.78, 5) is 13.9. The lowest BCUT2D eigenvalue weighted by molar-refractivity contribution is -0.763. The van der Waals surface area contributed by atoms with Crippen molar-refractivity contribution in [1.82, 2.24) is 0 Å². The van der Waals surface area contributed by atoms with E-state index in [9.17, 15) is 10.1 Å². The highest BCUT2D eigenvalue weighted by atomic mass is 16.9. The molecule has 0 radical (unpaired) electrons. The second-order valence-corrected chi connectivity index (χ2v) is 1.98. The molecular weight excluding hydrogens is 174 g/mol. The number of rotatable bonds is 3. The first-order valence-electron chi connectivity index (χ1n) is 3.55. The normalized spacial score (nSPS) is 8.15. The van der Waals surface area contributed by atoms with Crippen molar-refractivity contribution >= 4 is 0 Å². The van der Waals surface area contributed by atoms with E-state index in [-0.39, 0.29) is 6.61 Å². The van der Waals surface area contributed by atoms with Crippen LogP contribution in [0, 0.1) is 10.1 Å². The van der Waals surface area contributed by atoms with Crippen molar-refractivity contribution in [2.45, 2.75) is 6.61 Å². The largest absolute Gasteiger partial charge is 0.400 e. The monoisotopic (exact) mass is 185 g/mol. The molecule has 0 fully saturated rings. The first-order chi connectivity index (χ1) is 6.29. The molecule has 0 aliphatic carbocycles. The summed E-state index contributed by atoms with van der Waals surface area (Å²) in [7, 11) is 1.00. The van der Waals surface area contributed by atoms with E-state index in [1.807, 2.05) is 6.07 Å². The van der Waals surface area contributed by atoms with Crippen molar-refractivity contribution in [3.8, 4) is 0 Å². The Hall–Kier alpha value is -1.62. The quantitative estimate of drug-likeness (QED) is 0.563. The molecule has 0 aliphatic rings. The van der Waals surface area contributed by atoms with E-state index in [1.165, 1.54) is 0 Å². The Labute approximate surface area is 75.7 Å². The second-order valence-electron chi connectivity index (χ2n) is 1.98. The lowest BCUT2D eigenvalue weighted by atomic mass is 10.2. The van der Waals surface area contributed by atoms with Crippen LogP contribution in [0.4, 0.5) is 0 Å². The molecule has 1 aromatic rings. The van der Waals surface area contributed by atoms with E-state index >= 15 is 0 Å². The molecule has 0 saturated heterocycles. The highest BCUT2D eigenvalue weighted by Gasteiger charge is 1.94. The van der Waals surface area contributed by atoms with Crippen LogP contribution in [0.5, 0.6) is 0 Å². The predicted octanol–water partition coefficient (Wildman–Crippen LogP) is 1.00. The highest BCUT2D eigenvalue weighted by Crippen LogP contribution is 1.99. The Morgan fingerprint density at radius 1 is 1.38 bits per heavy atom. The van der Waals surface area contributed by atoms with E-state index in [4.69, 9.17) is 5.11 Å². The Balaban J connectivity index is 0.000000671.